The molecule has 110 valence electrons. The first-order valence-electron chi connectivity index (χ1n) is 7.91. The van der Waals surface area contributed by atoms with E-state index in [1.54, 1.807) is 0 Å². The zero-order valence-corrected chi connectivity index (χ0v) is 13.0. The lowest BCUT2D eigenvalue weighted by Crippen LogP contribution is -2.35. The van der Waals surface area contributed by atoms with Gasteiger partial charge >= 0.3 is 5.82 Å². The molecule has 2 aromatic rings. The third kappa shape index (κ3) is 3.11. The molecule has 4 nitrogen and oxygen atoms in total. The van der Waals surface area contributed by atoms with E-state index in [2.05, 4.69) is 58.0 Å². The average molecular weight is 275 g/mol. The Morgan fingerprint density at radius 1 is 1.05 bits per heavy atom. The zero-order chi connectivity index (χ0) is 14.4. The SMILES string of the molecule is CCCCn1ccnc1-c1n(CC)cc[n+]1CCCC. The highest BCUT2D eigenvalue weighted by Crippen LogP contribution is 2.15. The van der Waals surface area contributed by atoms with Crippen molar-refractivity contribution in [1.29, 1.82) is 0 Å². The van der Waals surface area contributed by atoms with E-state index in [1.165, 1.54) is 31.5 Å². The first kappa shape index (κ1) is 14.8. The van der Waals surface area contributed by atoms with Crippen molar-refractivity contribution >= 4 is 0 Å². The second kappa shape index (κ2) is 7.27. The molecular formula is C16H27N4+. The fourth-order valence-corrected chi connectivity index (χ4v) is 2.51. The molecule has 0 N–H and O–H groups in total. The van der Waals surface area contributed by atoms with Gasteiger partial charge in [0.1, 0.15) is 12.4 Å². The molecule has 0 amide bonds. The Hall–Kier alpha value is -1.58. The van der Waals surface area contributed by atoms with Gasteiger partial charge in [-0.3, -0.25) is 0 Å². The molecule has 0 saturated heterocycles. The Labute approximate surface area is 122 Å². The molecule has 4 heteroatoms. The number of nitrogens with zero attached hydrogens (tertiary/aromatic N) is 4. The molecule has 0 atom stereocenters. The van der Waals surface area contributed by atoms with Crippen molar-refractivity contribution in [3.63, 3.8) is 0 Å². The second-order valence-corrected chi connectivity index (χ2v) is 5.25. The molecule has 2 rings (SSSR count). The molecule has 0 aliphatic rings. The van der Waals surface area contributed by atoms with Crippen LogP contribution in [-0.2, 0) is 19.6 Å². The van der Waals surface area contributed by atoms with Crippen LogP contribution in [0.15, 0.2) is 24.8 Å². The second-order valence-electron chi connectivity index (χ2n) is 5.25. The van der Waals surface area contributed by atoms with E-state index in [0.29, 0.717) is 0 Å². The summed E-state index contributed by atoms with van der Waals surface area (Å²) in [6.45, 7) is 9.75. The lowest BCUT2D eigenvalue weighted by molar-refractivity contribution is -0.686. The monoisotopic (exact) mass is 275 g/mol. The van der Waals surface area contributed by atoms with Gasteiger partial charge in [0.15, 0.2) is 0 Å². The van der Waals surface area contributed by atoms with Gasteiger partial charge in [0, 0.05) is 18.9 Å². The van der Waals surface area contributed by atoms with Gasteiger partial charge < -0.3 is 4.57 Å². The van der Waals surface area contributed by atoms with Crippen LogP contribution in [0, 0.1) is 0 Å². The van der Waals surface area contributed by atoms with Crippen molar-refractivity contribution < 1.29 is 4.57 Å². The summed E-state index contributed by atoms with van der Waals surface area (Å²) in [5.74, 6) is 2.34. The molecule has 0 spiro atoms. The molecule has 0 bridgehead atoms. The summed E-state index contributed by atoms with van der Waals surface area (Å²) < 4.78 is 6.92. The number of rotatable bonds is 8. The molecule has 20 heavy (non-hydrogen) atoms. The van der Waals surface area contributed by atoms with Gasteiger partial charge in [-0.1, -0.05) is 26.7 Å². The Kier molecular flexibility index (Phi) is 5.39. The van der Waals surface area contributed by atoms with Crippen LogP contribution in [0.1, 0.15) is 46.5 Å². The largest absolute Gasteiger partial charge is 0.325 e. The van der Waals surface area contributed by atoms with Gasteiger partial charge in [0.05, 0.1) is 13.1 Å². The van der Waals surface area contributed by atoms with E-state index >= 15 is 0 Å². The first-order valence-corrected chi connectivity index (χ1v) is 7.91. The third-order valence-electron chi connectivity index (χ3n) is 3.73. The maximum absolute atomic E-state index is 4.61. The van der Waals surface area contributed by atoms with E-state index in [-0.39, 0.29) is 0 Å². The van der Waals surface area contributed by atoms with E-state index in [9.17, 15) is 0 Å². The quantitative estimate of drug-likeness (QED) is 0.679. The minimum atomic E-state index is 0.981. The van der Waals surface area contributed by atoms with E-state index < -0.39 is 0 Å². The zero-order valence-electron chi connectivity index (χ0n) is 13.0. The topological polar surface area (TPSA) is 26.6 Å². The lowest BCUT2D eigenvalue weighted by atomic mass is 10.3. The fourth-order valence-electron chi connectivity index (χ4n) is 2.51. The summed E-state index contributed by atoms with van der Waals surface area (Å²) in [5.41, 5.74) is 0. The normalized spacial score (nSPS) is 11.2. The van der Waals surface area contributed by atoms with Crippen LogP contribution < -0.4 is 4.57 Å². The number of imidazole rings is 2. The van der Waals surface area contributed by atoms with Crippen molar-refractivity contribution in [1.82, 2.24) is 14.1 Å². The van der Waals surface area contributed by atoms with E-state index in [0.717, 1.165) is 25.5 Å². The molecule has 0 radical (unpaired) electrons. The highest BCUT2D eigenvalue weighted by molar-refractivity contribution is 5.40. The van der Waals surface area contributed by atoms with Gasteiger partial charge in [0.25, 0.3) is 0 Å². The van der Waals surface area contributed by atoms with E-state index in [4.69, 9.17) is 0 Å². The lowest BCUT2D eigenvalue weighted by Gasteiger charge is -2.07. The maximum Gasteiger partial charge on any atom is 0.325 e. The van der Waals surface area contributed by atoms with Crippen LogP contribution in [0.4, 0.5) is 0 Å². The van der Waals surface area contributed by atoms with Crippen molar-refractivity contribution in [2.24, 2.45) is 0 Å². The standard InChI is InChI=1S/C16H27N4/c1-4-7-10-19-12-9-17-15(19)16-18(6-3)13-14-20(16)11-8-5-2/h9,12-14H,4-8,10-11H2,1-3H3/q+1. The minimum absolute atomic E-state index is 0.981. The predicted molar refractivity (Wildman–Crippen MR) is 81.3 cm³/mol. The van der Waals surface area contributed by atoms with Gasteiger partial charge in [-0.15, -0.1) is 0 Å². The van der Waals surface area contributed by atoms with E-state index in [1.807, 2.05) is 6.20 Å². The van der Waals surface area contributed by atoms with Gasteiger partial charge in [0.2, 0.25) is 5.82 Å². The van der Waals surface area contributed by atoms with Crippen LogP contribution in [-0.4, -0.2) is 14.1 Å². The fraction of sp³-hybridized carbons (Fsp3) is 0.625. The van der Waals surface area contributed by atoms with Crippen molar-refractivity contribution in [2.45, 2.75) is 66.1 Å². The van der Waals surface area contributed by atoms with Gasteiger partial charge in [-0.2, -0.15) is 0 Å². The van der Waals surface area contributed by atoms with Gasteiger partial charge in [-0.25, -0.2) is 14.1 Å². The molecule has 0 aliphatic carbocycles. The summed E-state index contributed by atoms with van der Waals surface area (Å²) in [4.78, 5) is 4.61. The molecule has 2 aromatic heterocycles. The molecule has 0 aromatic carbocycles. The van der Waals surface area contributed by atoms with Crippen LogP contribution in [0.5, 0.6) is 0 Å². The van der Waals surface area contributed by atoms with Crippen molar-refractivity contribution in [3.8, 4) is 11.6 Å². The first-order chi connectivity index (χ1) is 9.81. The Bertz CT molecular complexity index is 524. The average Bonchev–Trinajstić information content (AvgIpc) is 3.08. The smallest absolute Gasteiger partial charge is 0.325 e. The summed E-state index contributed by atoms with van der Waals surface area (Å²) in [5, 5.41) is 0. The van der Waals surface area contributed by atoms with Crippen molar-refractivity contribution in [2.75, 3.05) is 0 Å². The molecule has 2 heterocycles. The highest BCUT2D eigenvalue weighted by Gasteiger charge is 2.22. The van der Waals surface area contributed by atoms with Crippen LogP contribution >= 0.6 is 0 Å². The van der Waals surface area contributed by atoms with Crippen LogP contribution in [0.3, 0.4) is 0 Å². The Morgan fingerprint density at radius 3 is 2.55 bits per heavy atom. The van der Waals surface area contributed by atoms with Crippen LogP contribution in [0.2, 0.25) is 0 Å². The summed E-state index contributed by atoms with van der Waals surface area (Å²) in [6, 6.07) is 0. The Balaban J connectivity index is 2.34. The molecule has 0 saturated carbocycles. The minimum Gasteiger partial charge on any atom is -0.325 e. The number of unbranched alkanes of at least 4 members (excludes halogenated alkanes) is 2. The summed E-state index contributed by atoms with van der Waals surface area (Å²) in [6.07, 6.45) is 13.2. The number of aromatic nitrogens is 4. The van der Waals surface area contributed by atoms with Crippen LogP contribution in [0.25, 0.3) is 11.6 Å². The maximum atomic E-state index is 4.61. The number of hydrogen-bond donors (Lipinski definition) is 0. The number of hydrogen-bond acceptors (Lipinski definition) is 1. The molecule has 0 unspecified atom stereocenters. The summed E-state index contributed by atoms with van der Waals surface area (Å²) in [7, 11) is 0. The Morgan fingerprint density at radius 2 is 1.85 bits per heavy atom. The summed E-state index contributed by atoms with van der Waals surface area (Å²) >= 11 is 0. The van der Waals surface area contributed by atoms with Crippen molar-refractivity contribution in [3.05, 3.63) is 24.8 Å². The predicted octanol–water partition coefficient (Wildman–Crippen LogP) is 3.26. The van der Waals surface area contributed by atoms with Gasteiger partial charge in [-0.05, 0) is 19.8 Å². The molecular weight excluding hydrogens is 248 g/mol. The third-order valence-corrected chi connectivity index (χ3v) is 3.73. The highest BCUT2D eigenvalue weighted by atomic mass is 15.2. The molecule has 0 aliphatic heterocycles. The molecule has 0 fully saturated rings. The number of aryl methyl sites for hydroxylation is 3.